The van der Waals surface area contributed by atoms with Gasteiger partial charge in [-0.3, -0.25) is 14.4 Å². The number of pyridine rings is 1. The molecule has 162 valence electrons. The van der Waals surface area contributed by atoms with Gasteiger partial charge in [-0.05, 0) is 38.5 Å². The molecule has 2 amide bonds. The molecule has 0 spiro atoms. The topological polar surface area (TPSA) is 84.5 Å². The molecule has 0 aliphatic rings. The summed E-state index contributed by atoms with van der Waals surface area (Å²) < 4.78 is 7.02. The molecule has 1 atom stereocenters. The van der Waals surface area contributed by atoms with Crippen molar-refractivity contribution in [3.63, 3.8) is 0 Å². The van der Waals surface area contributed by atoms with E-state index in [0.717, 1.165) is 5.56 Å². The Hall–Kier alpha value is -3.61. The van der Waals surface area contributed by atoms with E-state index in [4.69, 9.17) is 4.42 Å². The van der Waals surface area contributed by atoms with Gasteiger partial charge in [0, 0.05) is 32.0 Å². The Balaban J connectivity index is 1.91. The molecule has 7 heteroatoms. The third-order valence-electron chi connectivity index (χ3n) is 5.04. The van der Waals surface area contributed by atoms with E-state index in [9.17, 15) is 14.4 Å². The molecular formula is C24H27N3O4. The van der Waals surface area contributed by atoms with Crippen LogP contribution in [0.15, 0.2) is 70.3 Å². The largest absolute Gasteiger partial charge is 0.467 e. The van der Waals surface area contributed by atoms with Crippen LogP contribution in [0.1, 0.15) is 64.9 Å². The van der Waals surface area contributed by atoms with Crippen molar-refractivity contribution in [3.05, 3.63) is 93.8 Å². The van der Waals surface area contributed by atoms with Crippen molar-refractivity contribution in [3.8, 4) is 0 Å². The summed E-state index contributed by atoms with van der Waals surface area (Å²) in [5.74, 6) is -0.409. The molecule has 31 heavy (non-hydrogen) atoms. The molecule has 0 saturated heterocycles. The highest BCUT2D eigenvalue weighted by Crippen LogP contribution is 2.14. The molecule has 0 aliphatic carbocycles. The molecule has 0 bridgehead atoms. The molecule has 0 fully saturated rings. The Labute approximate surface area is 181 Å². The first kappa shape index (κ1) is 22.1. The van der Waals surface area contributed by atoms with Gasteiger partial charge in [-0.1, -0.05) is 30.3 Å². The van der Waals surface area contributed by atoms with E-state index in [1.807, 2.05) is 44.2 Å². The fourth-order valence-electron chi connectivity index (χ4n) is 3.23. The van der Waals surface area contributed by atoms with E-state index in [1.54, 1.807) is 30.7 Å². The quantitative estimate of drug-likeness (QED) is 0.629. The second kappa shape index (κ2) is 9.47. The van der Waals surface area contributed by atoms with Crippen LogP contribution in [0.25, 0.3) is 0 Å². The minimum Gasteiger partial charge on any atom is -0.467 e. The Bertz CT molecular complexity index is 1100. The Morgan fingerprint density at radius 2 is 1.71 bits per heavy atom. The fourth-order valence-corrected chi connectivity index (χ4v) is 3.23. The molecule has 2 aromatic heterocycles. The molecule has 1 aromatic carbocycles. The number of benzene rings is 1. The first-order chi connectivity index (χ1) is 14.8. The normalized spacial score (nSPS) is 11.9. The summed E-state index contributed by atoms with van der Waals surface area (Å²) in [5, 5.41) is 2.77. The van der Waals surface area contributed by atoms with Crippen molar-refractivity contribution in [2.24, 2.45) is 0 Å². The second-order valence-electron chi connectivity index (χ2n) is 7.81. The van der Waals surface area contributed by atoms with E-state index in [1.165, 1.54) is 23.6 Å². The van der Waals surface area contributed by atoms with E-state index in [0.29, 0.717) is 12.3 Å². The molecule has 0 unspecified atom stereocenters. The van der Waals surface area contributed by atoms with Gasteiger partial charge in [-0.15, -0.1) is 0 Å². The number of carbonyl (C=O) groups excluding carboxylic acids is 2. The molecule has 1 N–H and O–H groups in total. The van der Waals surface area contributed by atoms with E-state index in [-0.39, 0.29) is 17.2 Å². The molecular weight excluding hydrogens is 394 g/mol. The smallest absolute Gasteiger partial charge is 0.259 e. The van der Waals surface area contributed by atoms with Gasteiger partial charge >= 0.3 is 0 Å². The van der Waals surface area contributed by atoms with Crippen LogP contribution in [-0.2, 0) is 6.54 Å². The van der Waals surface area contributed by atoms with Gasteiger partial charge in [0.2, 0.25) is 5.43 Å². The van der Waals surface area contributed by atoms with Crippen molar-refractivity contribution in [1.82, 2.24) is 14.8 Å². The SMILES string of the molecule is CC(C)n1cc(C(=O)N[C@H](C)c2ccco2)c(=O)c(C(=O)N(C)Cc2ccccc2)c1. The van der Waals surface area contributed by atoms with Gasteiger partial charge in [0.25, 0.3) is 11.8 Å². The van der Waals surface area contributed by atoms with Crippen LogP contribution in [0, 0.1) is 0 Å². The van der Waals surface area contributed by atoms with Crippen LogP contribution in [0.5, 0.6) is 0 Å². The zero-order valence-corrected chi connectivity index (χ0v) is 18.2. The van der Waals surface area contributed by atoms with Gasteiger partial charge in [0.05, 0.1) is 12.3 Å². The molecule has 0 saturated carbocycles. The molecule has 0 radical (unpaired) electrons. The number of rotatable bonds is 7. The lowest BCUT2D eigenvalue weighted by Crippen LogP contribution is -2.37. The minimum absolute atomic E-state index is 0.0366. The lowest BCUT2D eigenvalue weighted by molar-refractivity contribution is 0.0782. The lowest BCUT2D eigenvalue weighted by Gasteiger charge is -2.20. The monoisotopic (exact) mass is 421 g/mol. The van der Waals surface area contributed by atoms with Gasteiger partial charge in [0.1, 0.15) is 16.9 Å². The van der Waals surface area contributed by atoms with Crippen molar-refractivity contribution in [1.29, 1.82) is 0 Å². The summed E-state index contributed by atoms with van der Waals surface area (Å²) in [6.07, 6.45) is 4.53. The minimum atomic E-state index is -0.592. The Morgan fingerprint density at radius 1 is 1.03 bits per heavy atom. The van der Waals surface area contributed by atoms with E-state index in [2.05, 4.69) is 5.32 Å². The summed E-state index contributed by atoms with van der Waals surface area (Å²) in [7, 11) is 1.64. The summed E-state index contributed by atoms with van der Waals surface area (Å²) in [4.78, 5) is 40.6. The van der Waals surface area contributed by atoms with Crippen LogP contribution < -0.4 is 10.7 Å². The third-order valence-corrected chi connectivity index (χ3v) is 5.04. The van der Waals surface area contributed by atoms with E-state index >= 15 is 0 Å². The van der Waals surface area contributed by atoms with Gasteiger partial charge < -0.3 is 19.2 Å². The van der Waals surface area contributed by atoms with Gasteiger partial charge in [0.15, 0.2) is 0 Å². The highest BCUT2D eigenvalue weighted by Gasteiger charge is 2.23. The fraction of sp³-hybridized carbons (Fsp3) is 0.292. The van der Waals surface area contributed by atoms with Crippen molar-refractivity contribution >= 4 is 11.8 Å². The molecule has 7 nitrogen and oxygen atoms in total. The van der Waals surface area contributed by atoms with Crippen LogP contribution in [0.3, 0.4) is 0 Å². The third kappa shape index (κ3) is 5.12. The second-order valence-corrected chi connectivity index (χ2v) is 7.81. The predicted molar refractivity (Wildman–Crippen MR) is 118 cm³/mol. The highest BCUT2D eigenvalue weighted by atomic mass is 16.3. The summed E-state index contributed by atoms with van der Waals surface area (Å²) >= 11 is 0. The average molecular weight is 421 g/mol. The van der Waals surface area contributed by atoms with Crippen molar-refractivity contribution in [2.75, 3.05) is 7.05 Å². The van der Waals surface area contributed by atoms with Crippen LogP contribution in [0.4, 0.5) is 0 Å². The molecule has 0 aliphatic heterocycles. The zero-order valence-electron chi connectivity index (χ0n) is 18.2. The number of nitrogens with one attached hydrogen (secondary N) is 1. The van der Waals surface area contributed by atoms with Crippen LogP contribution >= 0.6 is 0 Å². The average Bonchev–Trinajstić information content (AvgIpc) is 3.29. The van der Waals surface area contributed by atoms with Crippen LogP contribution in [0.2, 0.25) is 0 Å². The summed E-state index contributed by atoms with van der Waals surface area (Å²) in [6, 6.07) is 12.5. The summed E-state index contributed by atoms with van der Waals surface area (Å²) in [6.45, 7) is 5.95. The van der Waals surface area contributed by atoms with E-state index < -0.39 is 23.3 Å². The standard InChI is InChI=1S/C24H27N3O4/c1-16(2)27-14-19(23(29)25-17(3)21-11-8-12-31-21)22(28)20(15-27)24(30)26(4)13-18-9-6-5-7-10-18/h5-12,14-17H,13H2,1-4H3,(H,25,29)/t17-/m1/s1. The zero-order chi connectivity index (χ0) is 22.5. The maximum Gasteiger partial charge on any atom is 0.259 e. The highest BCUT2D eigenvalue weighted by molar-refractivity contribution is 5.99. The van der Waals surface area contributed by atoms with Crippen molar-refractivity contribution < 1.29 is 14.0 Å². The number of aromatic nitrogens is 1. The number of nitrogens with zero attached hydrogens (tertiary/aromatic N) is 2. The van der Waals surface area contributed by atoms with Gasteiger partial charge in [-0.2, -0.15) is 0 Å². The number of furan rings is 1. The number of hydrogen-bond donors (Lipinski definition) is 1. The molecule has 3 aromatic rings. The first-order valence-corrected chi connectivity index (χ1v) is 10.2. The Kier molecular flexibility index (Phi) is 6.74. The van der Waals surface area contributed by atoms with Crippen LogP contribution in [-0.4, -0.2) is 28.3 Å². The first-order valence-electron chi connectivity index (χ1n) is 10.2. The van der Waals surface area contributed by atoms with Gasteiger partial charge in [-0.25, -0.2) is 0 Å². The molecule has 3 rings (SSSR count). The van der Waals surface area contributed by atoms with Crippen molar-refractivity contribution in [2.45, 2.75) is 39.4 Å². The lowest BCUT2D eigenvalue weighted by atomic mass is 10.1. The number of hydrogen-bond acceptors (Lipinski definition) is 4. The predicted octanol–water partition coefficient (Wildman–Crippen LogP) is 3.79. The Morgan fingerprint density at radius 3 is 2.32 bits per heavy atom. The molecule has 2 heterocycles. The maximum atomic E-state index is 13.1. The summed E-state index contributed by atoms with van der Waals surface area (Å²) in [5.41, 5.74) is 0.242. The number of carbonyl (C=O) groups is 2. The number of amides is 2. The maximum absolute atomic E-state index is 13.1.